The molecule has 2 saturated heterocycles. The van der Waals surface area contributed by atoms with Crippen LogP contribution in [0.5, 0.6) is 5.75 Å². The summed E-state index contributed by atoms with van der Waals surface area (Å²) >= 11 is 1.72. The number of aromatic nitrogens is 2. The third-order valence-electron chi connectivity index (χ3n) is 6.81. The number of carbonyl (C=O) groups excluding carboxylic acids is 1. The molecule has 0 spiro atoms. The summed E-state index contributed by atoms with van der Waals surface area (Å²) in [4.78, 5) is 16.1. The molecule has 0 saturated carbocycles. The molecule has 1 N–H and O–H groups in total. The molecule has 0 bridgehead atoms. The van der Waals surface area contributed by atoms with Gasteiger partial charge in [0.05, 0.1) is 12.4 Å². The number of amides is 1. The Balaban J connectivity index is 1.01. The molecular formula is C28H35N5O3S. The van der Waals surface area contributed by atoms with Crippen molar-refractivity contribution in [3.8, 4) is 17.2 Å². The van der Waals surface area contributed by atoms with Crippen LogP contribution in [0.2, 0.25) is 0 Å². The highest BCUT2D eigenvalue weighted by atomic mass is 32.2. The highest BCUT2D eigenvalue weighted by Gasteiger charge is 2.23. The highest BCUT2D eigenvalue weighted by Crippen LogP contribution is 2.26. The Labute approximate surface area is 222 Å². The Bertz CT molecular complexity index is 1120. The van der Waals surface area contributed by atoms with E-state index in [2.05, 4.69) is 44.7 Å². The summed E-state index contributed by atoms with van der Waals surface area (Å²) in [6.45, 7) is 5.45. The van der Waals surface area contributed by atoms with Crippen LogP contribution in [0.15, 0.2) is 59.0 Å². The van der Waals surface area contributed by atoms with E-state index in [-0.39, 0.29) is 0 Å². The summed E-state index contributed by atoms with van der Waals surface area (Å²) in [5.41, 5.74) is 2.15. The lowest BCUT2D eigenvalue weighted by molar-refractivity contribution is -0.127. The van der Waals surface area contributed by atoms with E-state index in [0.29, 0.717) is 36.1 Å². The van der Waals surface area contributed by atoms with Crippen molar-refractivity contribution in [3.63, 3.8) is 0 Å². The average molecular weight is 522 g/mol. The summed E-state index contributed by atoms with van der Waals surface area (Å²) in [6, 6.07) is 18.7. The van der Waals surface area contributed by atoms with Crippen LogP contribution in [0.3, 0.4) is 0 Å². The van der Waals surface area contributed by atoms with E-state index in [1.54, 1.807) is 11.8 Å². The zero-order chi connectivity index (χ0) is 25.3. The van der Waals surface area contributed by atoms with Crippen LogP contribution in [-0.4, -0.2) is 72.1 Å². The van der Waals surface area contributed by atoms with E-state index < -0.39 is 0 Å². The molecule has 8 nitrogen and oxygen atoms in total. The fraction of sp³-hybridized carbons (Fsp3) is 0.464. The summed E-state index contributed by atoms with van der Waals surface area (Å²) in [6.07, 6.45) is 3.89. The third-order valence-corrected chi connectivity index (χ3v) is 7.72. The van der Waals surface area contributed by atoms with Crippen LogP contribution >= 0.6 is 11.8 Å². The van der Waals surface area contributed by atoms with Crippen LogP contribution in [0.4, 0.5) is 5.69 Å². The van der Waals surface area contributed by atoms with Crippen molar-refractivity contribution in [1.29, 1.82) is 0 Å². The molecule has 2 aliphatic rings. The highest BCUT2D eigenvalue weighted by molar-refractivity contribution is 7.98. The van der Waals surface area contributed by atoms with Crippen molar-refractivity contribution in [2.75, 3.05) is 50.0 Å². The number of nitrogens with one attached hydrogen (secondary N) is 1. The molecule has 1 unspecified atom stereocenters. The van der Waals surface area contributed by atoms with Crippen LogP contribution in [0, 0.1) is 0 Å². The van der Waals surface area contributed by atoms with Crippen molar-refractivity contribution in [3.05, 3.63) is 60.5 Å². The number of anilines is 1. The van der Waals surface area contributed by atoms with E-state index >= 15 is 0 Å². The molecule has 3 aromatic rings. The maximum atomic E-state index is 11.7. The minimum absolute atomic E-state index is 0.316. The smallest absolute Gasteiger partial charge is 0.247 e. The van der Waals surface area contributed by atoms with Gasteiger partial charge in [-0.3, -0.25) is 4.79 Å². The van der Waals surface area contributed by atoms with Gasteiger partial charge < -0.3 is 24.3 Å². The topological polar surface area (TPSA) is 83.7 Å². The van der Waals surface area contributed by atoms with Gasteiger partial charge in [-0.2, -0.15) is 0 Å². The fourth-order valence-electron chi connectivity index (χ4n) is 4.82. The molecule has 196 valence electrons. The first-order valence-electron chi connectivity index (χ1n) is 13.2. The zero-order valence-electron chi connectivity index (χ0n) is 21.2. The third kappa shape index (κ3) is 7.26. The number of nitrogens with zero attached hydrogens (tertiary/aromatic N) is 4. The van der Waals surface area contributed by atoms with Gasteiger partial charge in [0.25, 0.3) is 0 Å². The molecule has 2 aromatic carbocycles. The van der Waals surface area contributed by atoms with Gasteiger partial charge in [0.1, 0.15) is 5.75 Å². The number of ether oxygens (including phenoxy) is 1. The number of benzene rings is 2. The standard InChI is InChI=1S/C28H35N5O3S/c34-27-8-4-15-32(27)16-5-14-29-23-13-17-33(20-23)24-11-9-22(10-12-24)28-31-30-26(36-28)21-37-19-18-35-25-6-2-1-3-7-25/h1-3,6-7,9-12,23,29H,4-5,8,13-21H2. The van der Waals surface area contributed by atoms with Crippen LogP contribution in [-0.2, 0) is 10.5 Å². The van der Waals surface area contributed by atoms with Gasteiger partial charge in [-0.1, -0.05) is 18.2 Å². The Hall–Kier alpha value is -3.04. The lowest BCUT2D eigenvalue weighted by atomic mass is 10.2. The maximum Gasteiger partial charge on any atom is 0.247 e. The minimum atomic E-state index is 0.316. The number of rotatable bonds is 13. The Kier molecular flexibility index (Phi) is 8.97. The normalized spacial score (nSPS) is 17.6. The van der Waals surface area contributed by atoms with Crippen LogP contribution in [0.1, 0.15) is 31.6 Å². The molecule has 1 amide bonds. The van der Waals surface area contributed by atoms with Gasteiger partial charge in [0.2, 0.25) is 17.7 Å². The number of para-hydroxylation sites is 1. The SMILES string of the molecule is O=C1CCCN1CCCNC1CCN(c2ccc(-c3nnc(CSCCOc4ccccc4)o3)cc2)C1. The van der Waals surface area contributed by atoms with Gasteiger partial charge >= 0.3 is 0 Å². The Morgan fingerprint density at radius 3 is 2.76 bits per heavy atom. The predicted octanol–water partition coefficient (Wildman–Crippen LogP) is 4.23. The monoisotopic (exact) mass is 521 g/mol. The molecule has 37 heavy (non-hydrogen) atoms. The first kappa shape index (κ1) is 25.6. The first-order chi connectivity index (χ1) is 18.2. The van der Waals surface area contributed by atoms with Gasteiger partial charge in [0, 0.05) is 55.6 Å². The summed E-state index contributed by atoms with van der Waals surface area (Å²) in [5.74, 6) is 3.91. The molecule has 1 atom stereocenters. The summed E-state index contributed by atoms with van der Waals surface area (Å²) in [7, 11) is 0. The van der Waals surface area contributed by atoms with Gasteiger partial charge in [-0.25, -0.2) is 0 Å². The van der Waals surface area contributed by atoms with E-state index in [4.69, 9.17) is 9.15 Å². The second kappa shape index (κ2) is 13.0. The van der Waals surface area contributed by atoms with Crippen molar-refractivity contribution in [2.45, 2.75) is 37.5 Å². The second-order valence-corrected chi connectivity index (χ2v) is 10.6. The van der Waals surface area contributed by atoms with E-state index in [1.165, 1.54) is 5.69 Å². The molecule has 1 aromatic heterocycles. The zero-order valence-corrected chi connectivity index (χ0v) is 22.0. The largest absolute Gasteiger partial charge is 0.493 e. The first-order valence-corrected chi connectivity index (χ1v) is 14.3. The van der Waals surface area contributed by atoms with Crippen molar-refractivity contribution >= 4 is 23.4 Å². The Morgan fingerprint density at radius 2 is 1.95 bits per heavy atom. The maximum absolute atomic E-state index is 11.7. The summed E-state index contributed by atoms with van der Waals surface area (Å²) in [5, 5.41) is 12.1. The molecule has 2 aliphatic heterocycles. The van der Waals surface area contributed by atoms with Crippen molar-refractivity contribution < 1.29 is 13.9 Å². The Morgan fingerprint density at radius 1 is 1.08 bits per heavy atom. The van der Waals surface area contributed by atoms with Gasteiger partial charge in [-0.05, 0) is 62.2 Å². The molecular weight excluding hydrogens is 486 g/mol. The molecule has 2 fully saturated rings. The molecule has 3 heterocycles. The second-order valence-electron chi connectivity index (χ2n) is 9.49. The number of likely N-dealkylation sites (tertiary alicyclic amines) is 1. The van der Waals surface area contributed by atoms with Crippen molar-refractivity contribution in [2.24, 2.45) is 0 Å². The van der Waals surface area contributed by atoms with Crippen molar-refractivity contribution in [1.82, 2.24) is 20.4 Å². The molecule has 0 aliphatic carbocycles. The molecule has 9 heteroatoms. The van der Waals surface area contributed by atoms with E-state index in [9.17, 15) is 4.79 Å². The lowest BCUT2D eigenvalue weighted by Gasteiger charge is -2.20. The number of hydrogen-bond donors (Lipinski definition) is 1. The van der Waals surface area contributed by atoms with Gasteiger partial charge in [-0.15, -0.1) is 22.0 Å². The van der Waals surface area contributed by atoms with Crippen LogP contribution < -0.4 is 15.0 Å². The lowest BCUT2D eigenvalue weighted by Crippen LogP contribution is -2.35. The quantitative estimate of drug-likeness (QED) is 0.335. The number of hydrogen-bond acceptors (Lipinski definition) is 8. The molecule has 5 rings (SSSR count). The summed E-state index contributed by atoms with van der Waals surface area (Å²) < 4.78 is 11.6. The predicted molar refractivity (Wildman–Crippen MR) is 147 cm³/mol. The minimum Gasteiger partial charge on any atom is -0.493 e. The van der Waals surface area contributed by atoms with E-state index in [0.717, 1.165) is 75.5 Å². The van der Waals surface area contributed by atoms with Gasteiger partial charge in [0.15, 0.2) is 0 Å². The fourth-order valence-corrected chi connectivity index (χ4v) is 5.45. The van der Waals surface area contributed by atoms with E-state index in [1.807, 2.05) is 35.2 Å². The number of carbonyl (C=O) groups is 1. The average Bonchev–Trinajstić information content (AvgIpc) is 3.69. The number of thioether (sulfide) groups is 1. The molecule has 0 radical (unpaired) electrons. The van der Waals surface area contributed by atoms with Crippen LogP contribution in [0.25, 0.3) is 11.5 Å².